The minimum atomic E-state index is -3.83. The highest BCUT2D eigenvalue weighted by atomic mass is 32.2. The molecule has 1 aliphatic rings. The Balaban J connectivity index is 1.47. The van der Waals surface area contributed by atoms with Gasteiger partial charge in [0.05, 0.1) is 17.7 Å². The Hall–Kier alpha value is -3.79. The molecule has 0 aliphatic carbocycles. The third kappa shape index (κ3) is 4.30. The summed E-state index contributed by atoms with van der Waals surface area (Å²) < 4.78 is 42.7. The summed E-state index contributed by atoms with van der Waals surface area (Å²) in [6.45, 7) is 0.427. The molecule has 0 saturated carbocycles. The van der Waals surface area contributed by atoms with Gasteiger partial charge in [0.15, 0.2) is 11.5 Å². The second kappa shape index (κ2) is 8.75. The molecular weight excluding hydrogens is 434 g/mol. The van der Waals surface area contributed by atoms with E-state index in [1.54, 1.807) is 24.3 Å². The molecule has 3 aromatic rings. The zero-order valence-electron chi connectivity index (χ0n) is 17.4. The third-order valence-electron chi connectivity index (χ3n) is 4.95. The van der Waals surface area contributed by atoms with Gasteiger partial charge < -0.3 is 19.5 Å². The number of nitrogens with one attached hydrogen (secondary N) is 1. The minimum absolute atomic E-state index is 0.0972. The quantitative estimate of drug-likeness (QED) is 0.583. The summed E-state index contributed by atoms with van der Waals surface area (Å²) in [4.78, 5) is 16.8. The Kier molecular flexibility index (Phi) is 5.87. The molecule has 2 heterocycles. The third-order valence-corrected chi connectivity index (χ3v) is 6.75. The molecule has 0 radical (unpaired) electrons. The van der Waals surface area contributed by atoms with Crippen LogP contribution in [0.2, 0.25) is 0 Å². The predicted octanol–water partition coefficient (Wildman–Crippen LogP) is 2.57. The Morgan fingerprint density at radius 2 is 1.84 bits per heavy atom. The fraction of sp³-hybridized carbons (Fsp3) is 0.182. The molecule has 9 nitrogen and oxygen atoms in total. The average Bonchev–Trinajstić information content (AvgIpc) is 3.30. The number of anilines is 1. The van der Waals surface area contributed by atoms with Crippen molar-refractivity contribution in [2.24, 2.45) is 0 Å². The SMILES string of the molecule is COc1ccc(S(=O)(=O)N(C)c2ccnc(C(=O)NCc3ccc4c(c3)OCO4)c2)cc1. The minimum Gasteiger partial charge on any atom is -0.497 e. The number of benzene rings is 2. The van der Waals surface area contributed by atoms with Gasteiger partial charge in [-0.1, -0.05) is 6.07 Å². The van der Waals surface area contributed by atoms with Crippen LogP contribution in [0.25, 0.3) is 0 Å². The van der Waals surface area contributed by atoms with Crippen LogP contribution in [0.15, 0.2) is 65.7 Å². The van der Waals surface area contributed by atoms with E-state index < -0.39 is 15.9 Å². The van der Waals surface area contributed by atoms with E-state index in [1.165, 1.54) is 44.6 Å². The Morgan fingerprint density at radius 1 is 1.09 bits per heavy atom. The number of methoxy groups -OCH3 is 1. The van der Waals surface area contributed by atoms with Crippen molar-refractivity contribution in [1.82, 2.24) is 10.3 Å². The van der Waals surface area contributed by atoms with Crippen molar-refractivity contribution in [2.75, 3.05) is 25.3 Å². The number of aromatic nitrogens is 1. The number of carbonyl (C=O) groups excluding carboxylic acids is 1. The molecule has 32 heavy (non-hydrogen) atoms. The topological polar surface area (TPSA) is 107 Å². The van der Waals surface area contributed by atoms with Gasteiger partial charge in [-0.25, -0.2) is 8.42 Å². The van der Waals surface area contributed by atoms with E-state index in [-0.39, 0.29) is 23.9 Å². The molecule has 0 fully saturated rings. The van der Waals surface area contributed by atoms with Crippen LogP contribution >= 0.6 is 0 Å². The first kappa shape index (κ1) is 21.4. The number of hydrogen-bond donors (Lipinski definition) is 1. The second-order valence-corrected chi connectivity index (χ2v) is 8.89. The van der Waals surface area contributed by atoms with Gasteiger partial charge in [-0.15, -0.1) is 0 Å². The van der Waals surface area contributed by atoms with Crippen molar-refractivity contribution < 1.29 is 27.4 Å². The molecule has 0 bridgehead atoms. The molecule has 1 aliphatic heterocycles. The number of rotatable bonds is 7. The number of hydrogen-bond acceptors (Lipinski definition) is 7. The van der Waals surface area contributed by atoms with Crippen molar-refractivity contribution in [2.45, 2.75) is 11.4 Å². The van der Waals surface area contributed by atoms with Gasteiger partial charge in [0.1, 0.15) is 11.4 Å². The monoisotopic (exact) mass is 455 g/mol. The number of sulfonamides is 1. The first-order valence-corrected chi connectivity index (χ1v) is 11.1. The van der Waals surface area contributed by atoms with Crippen LogP contribution in [0.3, 0.4) is 0 Å². The summed E-state index contributed by atoms with van der Waals surface area (Å²) in [5, 5.41) is 2.78. The number of nitrogens with zero attached hydrogens (tertiary/aromatic N) is 2. The molecule has 0 atom stereocenters. The fourth-order valence-electron chi connectivity index (χ4n) is 3.11. The van der Waals surface area contributed by atoms with E-state index in [4.69, 9.17) is 14.2 Å². The summed E-state index contributed by atoms with van der Waals surface area (Å²) in [7, 11) is -0.903. The molecule has 0 unspecified atom stereocenters. The maximum Gasteiger partial charge on any atom is 0.270 e. The Labute approximate surface area is 185 Å². The van der Waals surface area contributed by atoms with Crippen LogP contribution in [-0.4, -0.2) is 40.3 Å². The van der Waals surface area contributed by atoms with Crippen LogP contribution in [0.4, 0.5) is 5.69 Å². The zero-order chi connectivity index (χ0) is 22.7. The summed E-state index contributed by atoms with van der Waals surface area (Å²) in [5.41, 5.74) is 1.24. The zero-order valence-corrected chi connectivity index (χ0v) is 18.3. The molecule has 1 N–H and O–H groups in total. The van der Waals surface area contributed by atoms with Crippen molar-refractivity contribution in [3.8, 4) is 17.2 Å². The standard InChI is InChI=1S/C22H21N3O6S/c1-25(32(27,28)18-6-4-17(29-2)5-7-18)16-9-10-23-19(12-16)22(26)24-13-15-3-8-20-21(11-15)31-14-30-20/h3-12H,13-14H2,1-2H3,(H,24,26). The molecule has 4 rings (SSSR count). The first-order chi connectivity index (χ1) is 15.4. The second-order valence-electron chi connectivity index (χ2n) is 6.92. The molecule has 0 spiro atoms. The largest absolute Gasteiger partial charge is 0.497 e. The van der Waals surface area contributed by atoms with E-state index in [1.807, 2.05) is 6.07 Å². The van der Waals surface area contributed by atoms with Gasteiger partial charge in [0.25, 0.3) is 15.9 Å². The van der Waals surface area contributed by atoms with Gasteiger partial charge >= 0.3 is 0 Å². The smallest absolute Gasteiger partial charge is 0.270 e. The van der Waals surface area contributed by atoms with Crippen LogP contribution in [0, 0.1) is 0 Å². The van der Waals surface area contributed by atoms with Crippen LogP contribution < -0.4 is 23.8 Å². The number of ether oxygens (including phenoxy) is 3. The molecule has 2 aromatic carbocycles. The highest BCUT2D eigenvalue weighted by Gasteiger charge is 2.22. The molecule has 166 valence electrons. The van der Waals surface area contributed by atoms with E-state index in [9.17, 15) is 13.2 Å². The lowest BCUT2D eigenvalue weighted by molar-refractivity contribution is 0.0946. The Morgan fingerprint density at radius 3 is 2.59 bits per heavy atom. The highest BCUT2D eigenvalue weighted by molar-refractivity contribution is 7.92. The summed E-state index contributed by atoms with van der Waals surface area (Å²) >= 11 is 0. The van der Waals surface area contributed by atoms with Crippen molar-refractivity contribution in [1.29, 1.82) is 0 Å². The highest BCUT2D eigenvalue weighted by Crippen LogP contribution is 2.32. The number of pyridine rings is 1. The molecule has 10 heteroatoms. The van der Waals surface area contributed by atoms with E-state index in [0.29, 0.717) is 22.9 Å². The lowest BCUT2D eigenvalue weighted by Gasteiger charge is -2.20. The van der Waals surface area contributed by atoms with Crippen LogP contribution in [-0.2, 0) is 16.6 Å². The molecule has 0 saturated heterocycles. The maximum absolute atomic E-state index is 13.0. The van der Waals surface area contributed by atoms with E-state index in [2.05, 4.69) is 10.3 Å². The van der Waals surface area contributed by atoms with Gasteiger partial charge in [0.2, 0.25) is 6.79 Å². The van der Waals surface area contributed by atoms with Crippen LogP contribution in [0.1, 0.15) is 16.1 Å². The lowest BCUT2D eigenvalue weighted by Crippen LogP contribution is -2.28. The van der Waals surface area contributed by atoms with Gasteiger partial charge in [-0.05, 0) is 54.1 Å². The van der Waals surface area contributed by atoms with Crippen LogP contribution in [0.5, 0.6) is 17.2 Å². The lowest BCUT2D eigenvalue weighted by atomic mass is 10.2. The normalized spacial score (nSPS) is 12.3. The number of amides is 1. The van der Waals surface area contributed by atoms with Gasteiger partial charge in [-0.2, -0.15) is 0 Å². The maximum atomic E-state index is 13.0. The van der Waals surface area contributed by atoms with E-state index >= 15 is 0 Å². The van der Waals surface area contributed by atoms with Crippen molar-refractivity contribution in [3.63, 3.8) is 0 Å². The number of fused-ring (bicyclic) bond motifs is 1. The number of carbonyl (C=O) groups is 1. The molecular formula is C22H21N3O6S. The van der Waals surface area contributed by atoms with Gasteiger partial charge in [-0.3, -0.25) is 14.1 Å². The molecule has 1 aromatic heterocycles. The van der Waals surface area contributed by atoms with Gasteiger partial charge in [0, 0.05) is 19.8 Å². The summed E-state index contributed by atoms with van der Waals surface area (Å²) in [6, 6.07) is 14.4. The van der Waals surface area contributed by atoms with E-state index in [0.717, 1.165) is 9.87 Å². The summed E-state index contributed by atoms with van der Waals surface area (Å²) in [5.74, 6) is 1.41. The summed E-state index contributed by atoms with van der Waals surface area (Å²) in [6.07, 6.45) is 1.39. The molecule has 1 amide bonds. The van der Waals surface area contributed by atoms with Crippen molar-refractivity contribution in [3.05, 3.63) is 72.1 Å². The van der Waals surface area contributed by atoms with Crippen molar-refractivity contribution >= 4 is 21.6 Å². The fourth-order valence-corrected chi connectivity index (χ4v) is 4.30. The Bertz CT molecular complexity index is 1240. The predicted molar refractivity (Wildman–Crippen MR) is 117 cm³/mol. The first-order valence-electron chi connectivity index (χ1n) is 9.64. The average molecular weight is 455 g/mol.